The Morgan fingerprint density at radius 1 is 1.30 bits per heavy atom. The molecule has 0 radical (unpaired) electrons. The van der Waals surface area contributed by atoms with Crippen molar-refractivity contribution in [1.82, 2.24) is 4.57 Å². The van der Waals surface area contributed by atoms with Crippen molar-refractivity contribution in [1.29, 1.82) is 0 Å². The van der Waals surface area contributed by atoms with Crippen LogP contribution in [0, 0.1) is 12.7 Å². The van der Waals surface area contributed by atoms with Gasteiger partial charge in [0.05, 0.1) is 0 Å². The van der Waals surface area contributed by atoms with Crippen LogP contribution in [0.1, 0.15) is 12.0 Å². The number of hydrogen-bond donors (Lipinski definition) is 1. The quantitative estimate of drug-likeness (QED) is 0.930. The van der Waals surface area contributed by atoms with Gasteiger partial charge in [0.1, 0.15) is 5.82 Å². The first-order valence-corrected chi connectivity index (χ1v) is 6.28. The zero-order valence-corrected chi connectivity index (χ0v) is 11.1. The van der Waals surface area contributed by atoms with Gasteiger partial charge in [-0.25, -0.2) is 4.39 Å². The lowest BCUT2D eigenvalue weighted by Crippen LogP contribution is -2.22. The van der Waals surface area contributed by atoms with E-state index < -0.39 is 5.82 Å². The Morgan fingerprint density at radius 2 is 2.10 bits per heavy atom. The average Bonchev–Trinajstić information content (AvgIpc) is 2.42. The number of benzene rings is 1. The summed E-state index contributed by atoms with van der Waals surface area (Å²) >= 11 is 0. The van der Waals surface area contributed by atoms with Gasteiger partial charge >= 0.3 is 0 Å². The summed E-state index contributed by atoms with van der Waals surface area (Å²) in [6.07, 6.45) is 1.78. The molecule has 104 valence electrons. The monoisotopic (exact) mass is 274 g/mol. The van der Waals surface area contributed by atoms with Crippen LogP contribution in [0.5, 0.6) is 0 Å². The van der Waals surface area contributed by atoms with Crippen LogP contribution < -0.4 is 10.9 Å². The van der Waals surface area contributed by atoms with Crippen LogP contribution in [-0.4, -0.2) is 10.5 Å². The molecule has 0 atom stereocenters. The molecule has 1 amide bonds. The molecule has 0 aliphatic rings. The summed E-state index contributed by atoms with van der Waals surface area (Å²) in [6.45, 7) is 2.08. The molecule has 0 saturated carbocycles. The van der Waals surface area contributed by atoms with Crippen LogP contribution >= 0.6 is 0 Å². The number of anilines is 1. The molecular formula is C15H15FN2O2. The second-order valence-corrected chi connectivity index (χ2v) is 4.49. The molecule has 1 aromatic heterocycles. The predicted octanol–water partition coefficient (Wildman–Crippen LogP) is 2.32. The van der Waals surface area contributed by atoms with E-state index in [2.05, 4.69) is 5.32 Å². The van der Waals surface area contributed by atoms with E-state index in [1.54, 1.807) is 31.3 Å². The predicted molar refractivity (Wildman–Crippen MR) is 75.1 cm³/mol. The van der Waals surface area contributed by atoms with Gasteiger partial charge in [0.25, 0.3) is 5.56 Å². The molecule has 0 spiro atoms. The molecule has 2 rings (SSSR count). The van der Waals surface area contributed by atoms with E-state index in [9.17, 15) is 14.0 Å². The maximum atomic E-state index is 13.1. The molecule has 1 N–H and O–H groups in total. The van der Waals surface area contributed by atoms with Gasteiger partial charge in [0, 0.05) is 30.9 Å². The minimum absolute atomic E-state index is 0.151. The molecule has 0 bridgehead atoms. The Balaban J connectivity index is 1.98. The standard InChI is InChI=1S/C15H15FN2O2/c1-11-5-6-12(16)10-13(11)17-14(19)7-9-18-8-3-2-4-15(18)20/h2-6,8,10H,7,9H2,1H3,(H,17,19). The highest BCUT2D eigenvalue weighted by atomic mass is 19.1. The summed E-state index contributed by atoms with van der Waals surface area (Å²) in [5.74, 6) is -0.653. The highest BCUT2D eigenvalue weighted by molar-refractivity contribution is 5.91. The molecule has 4 nitrogen and oxygen atoms in total. The van der Waals surface area contributed by atoms with Crippen molar-refractivity contribution in [3.05, 3.63) is 64.3 Å². The topological polar surface area (TPSA) is 51.1 Å². The Kier molecular flexibility index (Phi) is 4.30. The molecular weight excluding hydrogens is 259 g/mol. The molecule has 1 aromatic carbocycles. The number of carbonyl (C=O) groups is 1. The van der Waals surface area contributed by atoms with Crippen LogP contribution in [0.3, 0.4) is 0 Å². The minimum Gasteiger partial charge on any atom is -0.326 e. The van der Waals surface area contributed by atoms with Crippen molar-refractivity contribution >= 4 is 11.6 Å². The molecule has 0 aliphatic carbocycles. The van der Waals surface area contributed by atoms with Gasteiger partial charge in [-0.1, -0.05) is 12.1 Å². The third-order valence-electron chi connectivity index (χ3n) is 2.95. The zero-order chi connectivity index (χ0) is 14.5. The Labute approximate surface area is 115 Å². The highest BCUT2D eigenvalue weighted by Gasteiger charge is 2.06. The molecule has 0 unspecified atom stereocenters. The summed E-state index contributed by atoms with van der Waals surface area (Å²) in [6, 6.07) is 9.04. The number of nitrogens with one attached hydrogen (secondary N) is 1. The van der Waals surface area contributed by atoms with Crippen molar-refractivity contribution in [3.8, 4) is 0 Å². The molecule has 2 aromatic rings. The van der Waals surface area contributed by atoms with Gasteiger partial charge in [-0.15, -0.1) is 0 Å². The summed E-state index contributed by atoms with van der Waals surface area (Å²) in [5.41, 5.74) is 1.09. The number of carbonyl (C=O) groups excluding carboxylic acids is 1. The van der Waals surface area contributed by atoms with Gasteiger partial charge in [0.2, 0.25) is 5.91 Å². The number of rotatable bonds is 4. The number of nitrogens with zero attached hydrogens (tertiary/aromatic N) is 1. The molecule has 0 fully saturated rings. The second kappa shape index (κ2) is 6.14. The summed E-state index contributed by atoms with van der Waals surface area (Å²) in [5, 5.41) is 2.65. The van der Waals surface area contributed by atoms with Gasteiger partial charge in [-0.05, 0) is 30.7 Å². The smallest absolute Gasteiger partial charge is 0.250 e. The minimum atomic E-state index is -0.398. The van der Waals surface area contributed by atoms with Crippen LogP contribution in [0.4, 0.5) is 10.1 Å². The Hall–Kier alpha value is -2.43. The van der Waals surface area contributed by atoms with Crippen molar-refractivity contribution in [2.24, 2.45) is 0 Å². The van der Waals surface area contributed by atoms with E-state index in [1.165, 1.54) is 22.8 Å². The molecule has 5 heteroatoms. The lowest BCUT2D eigenvalue weighted by Gasteiger charge is -2.09. The van der Waals surface area contributed by atoms with Crippen molar-refractivity contribution in [3.63, 3.8) is 0 Å². The first-order chi connectivity index (χ1) is 9.56. The van der Waals surface area contributed by atoms with E-state index in [1.807, 2.05) is 0 Å². The van der Waals surface area contributed by atoms with Gasteiger partial charge in [-0.2, -0.15) is 0 Å². The van der Waals surface area contributed by atoms with E-state index in [0.29, 0.717) is 12.2 Å². The lowest BCUT2D eigenvalue weighted by molar-refractivity contribution is -0.116. The van der Waals surface area contributed by atoms with Crippen LogP contribution in [0.2, 0.25) is 0 Å². The fraction of sp³-hybridized carbons (Fsp3) is 0.200. The van der Waals surface area contributed by atoms with E-state index in [0.717, 1.165) is 5.56 Å². The fourth-order valence-electron chi connectivity index (χ4n) is 1.81. The third kappa shape index (κ3) is 3.54. The number of halogens is 1. The Morgan fingerprint density at radius 3 is 2.85 bits per heavy atom. The largest absolute Gasteiger partial charge is 0.326 e. The van der Waals surface area contributed by atoms with Crippen LogP contribution in [0.25, 0.3) is 0 Å². The Bertz CT molecular complexity index is 680. The molecule has 20 heavy (non-hydrogen) atoms. The summed E-state index contributed by atoms with van der Waals surface area (Å²) in [7, 11) is 0. The molecule has 1 heterocycles. The number of amides is 1. The second-order valence-electron chi connectivity index (χ2n) is 4.49. The van der Waals surface area contributed by atoms with Crippen LogP contribution in [-0.2, 0) is 11.3 Å². The lowest BCUT2D eigenvalue weighted by atomic mass is 10.2. The van der Waals surface area contributed by atoms with Crippen LogP contribution in [0.15, 0.2) is 47.4 Å². The SMILES string of the molecule is Cc1ccc(F)cc1NC(=O)CCn1ccccc1=O. The maximum absolute atomic E-state index is 13.1. The molecule has 0 saturated heterocycles. The normalized spacial score (nSPS) is 10.3. The van der Waals surface area contributed by atoms with E-state index in [-0.39, 0.29) is 17.9 Å². The number of pyridine rings is 1. The van der Waals surface area contributed by atoms with Gasteiger partial charge in [0.15, 0.2) is 0 Å². The zero-order valence-electron chi connectivity index (χ0n) is 11.1. The summed E-state index contributed by atoms with van der Waals surface area (Å²) < 4.78 is 14.6. The van der Waals surface area contributed by atoms with E-state index >= 15 is 0 Å². The van der Waals surface area contributed by atoms with Crippen molar-refractivity contribution in [2.45, 2.75) is 19.9 Å². The number of aromatic nitrogens is 1. The number of hydrogen-bond acceptors (Lipinski definition) is 2. The van der Waals surface area contributed by atoms with Gasteiger partial charge in [-0.3, -0.25) is 9.59 Å². The fourth-order valence-corrected chi connectivity index (χ4v) is 1.81. The summed E-state index contributed by atoms with van der Waals surface area (Å²) in [4.78, 5) is 23.3. The first kappa shape index (κ1) is 14.0. The van der Waals surface area contributed by atoms with Crippen molar-refractivity contribution in [2.75, 3.05) is 5.32 Å². The number of aryl methyl sites for hydroxylation is 2. The average molecular weight is 274 g/mol. The third-order valence-corrected chi connectivity index (χ3v) is 2.95. The van der Waals surface area contributed by atoms with E-state index in [4.69, 9.17) is 0 Å². The highest BCUT2D eigenvalue weighted by Crippen LogP contribution is 2.16. The molecule has 0 aliphatic heterocycles. The van der Waals surface area contributed by atoms with Gasteiger partial charge < -0.3 is 9.88 Å². The van der Waals surface area contributed by atoms with Crippen molar-refractivity contribution < 1.29 is 9.18 Å². The first-order valence-electron chi connectivity index (χ1n) is 6.28. The maximum Gasteiger partial charge on any atom is 0.250 e.